The van der Waals surface area contributed by atoms with Gasteiger partial charge in [0.25, 0.3) is 0 Å². The van der Waals surface area contributed by atoms with Gasteiger partial charge in [-0.2, -0.15) is 0 Å². The highest BCUT2D eigenvalue weighted by Gasteiger charge is 2.19. The number of aryl methyl sites for hydroxylation is 3. The van der Waals surface area contributed by atoms with Gasteiger partial charge >= 0.3 is 0 Å². The number of thioether (sulfide) groups is 1. The molecule has 1 aromatic heterocycles. The van der Waals surface area contributed by atoms with E-state index in [0.29, 0.717) is 5.13 Å². The van der Waals surface area contributed by atoms with E-state index in [0.717, 1.165) is 31.3 Å². The first kappa shape index (κ1) is 20.8. The maximum absolute atomic E-state index is 12.6. The van der Waals surface area contributed by atoms with E-state index in [9.17, 15) is 4.79 Å². The Bertz CT molecular complexity index is 982. The van der Waals surface area contributed by atoms with Crippen molar-refractivity contribution in [3.8, 4) is 0 Å². The van der Waals surface area contributed by atoms with E-state index in [1.54, 1.807) is 0 Å². The zero-order valence-electron chi connectivity index (χ0n) is 16.0. The van der Waals surface area contributed by atoms with Crippen LogP contribution in [0.25, 0.3) is 0 Å². The SMILES string of the molecule is Cc1cc(C)c(NC(=O)C(C)Sc2nnc(Nc3cccc(Br)c3)s2)c(C)c1. The standard InChI is InChI=1S/C20H21BrN4OS2/c1-11-8-12(2)17(13(3)9-11)23-18(26)14(4)27-20-25-24-19(28-20)22-16-7-5-6-15(21)10-16/h5-10,14H,1-4H3,(H,22,24)(H,23,26). The van der Waals surface area contributed by atoms with Gasteiger partial charge in [-0.25, -0.2) is 0 Å². The number of anilines is 3. The molecule has 0 fully saturated rings. The molecule has 0 aliphatic rings. The van der Waals surface area contributed by atoms with Crippen LogP contribution in [0.15, 0.2) is 45.2 Å². The minimum atomic E-state index is -0.285. The van der Waals surface area contributed by atoms with E-state index in [1.165, 1.54) is 28.7 Å². The molecule has 2 N–H and O–H groups in total. The van der Waals surface area contributed by atoms with Crippen LogP contribution in [0.1, 0.15) is 23.6 Å². The molecule has 0 spiro atoms. The predicted octanol–water partition coefficient (Wildman–Crippen LogP) is 6.09. The highest BCUT2D eigenvalue weighted by atomic mass is 79.9. The summed E-state index contributed by atoms with van der Waals surface area (Å²) in [5.74, 6) is -0.0447. The van der Waals surface area contributed by atoms with Gasteiger partial charge in [-0.3, -0.25) is 4.79 Å². The number of nitrogens with zero attached hydrogens (tertiary/aromatic N) is 2. The Kier molecular flexibility index (Phi) is 6.74. The molecule has 0 radical (unpaired) electrons. The molecule has 2 aromatic carbocycles. The lowest BCUT2D eigenvalue weighted by Gasteiger charge is -2.15. The van der Waals surface area contributed by atoms with Crippen molar-refractivity contribution in [1.82, 2.24) is 10.2 Å². The van der Waals surface area contributed by atoms with Crippen molar-refractivity contribution in [2.75, 3.05) is 10.6 Å². The third-order valence-electron chi connectivity index (χ3n) is 4.05. The van der Waals surface area contributed by atoms with E-state index < -0.39 is 0 Å². The zero-order valence-corrected chi connectivity index (χ0v) is 19.3. The van der Waals surface area contributed by atoms with Crippen molar-refractivity contribution in [2.24, 2.45) is 0 Å². The Morgan fingerprint density at radius 1 is 1.14 bits per heavy atom. The molecule has 1 atom stereocenters. The van der Waals surface area contributed by atoms with Crippen molar-refractivity contribution in [1.29, 1.82) is 0 Å². The molecular weight excluding hydrogens is 456 g/mol. The first-order valence-electron chi connectivity index (χ1n) is 8.73. The third kappa shape index (κ3) is 5.33. The summed E-state index contributed by atoms with van der Waals surface area (Å²) in [5, 5.41) is 15.0. The minimum absolute atomic E-state index is 0.0447. The van der Waals surface area contributed by atoms with Crippen LogP contribution < -0.4 is 10.6 Å². The summed E-state index contributed by atoms with van der Waals surface area (Å²) in [7, 11) is 0. The van der Waals surface area contributed by atoms with Gasteiger partial charge in [0.05, 0.1) is 5.25 Å². The van der Waals surface area contributed by atoms with Crippen LogP contribution in [0.5, 0.6) is 0 Å². The van der Waals surface area contributed by atoms with E-state index >= 15 is 0 Å². The summed E-state index contributed by atoms with van der Waals surface area (Å²) in [5.41, 5.74) is 5.14. The quantitative estimate of drug-likeness (QED) is 0.421. The number of rotatable bonds is 6. The summed E-state index contributed by atoms with van der Waals surface area (Å²) in [4.78, 5) is 12.6. The predicted molar refractivity (Wildman–Crippen MR) is 122 cm³/mol. The fourth-order valence-electron chi connectivity index (χ4n) is 2.80. The van der Waals surface area contributed by atoms with Crippen molar-refractivity contribution in [2.45, 2.75) is 37.3 Å². The molecule has 1 heterocycles. The molecule has 0 saturated carbocycles. The Labute approximate surface area is 181 Å². The molecular formula is C20H21BrN4OS2. The maximum Gasteiger partial charge on any atom is 0.237 e. The van der Waals surface area contributed by atoms with E-state index in [-0.39, 0.29) is 11.2 Å². The Balaban J connectivity index is 1.62. The van der Waals surface area contributed by atoms with Gasteiger partial charge in [0.1, 0.15) is 0 Å². The molecule has 1 amide bonds. The molecule has 28 heavy (non-hydrogen) atoms. The van der Waals surface area contributed by atoms with Crippen LogP contribution in [0.2, 0.25) is 0 Å². The third-order valence-corrected chi connectivity index (χ3v) is 6.57. The molecule has 146 valence electrons. The monoisotopic (exact) mass is 476 g/mol. The van der Waals surface area contributed by atoms with Crippen molar-refractivity contribution >= 4 is 61.4 Å². The lowest BCUT2D eigenvalue weighted by molar-refractivity contribution is -0.115. The summed E-state index contributed by atoms with van der Waals surface area (Å²) in [6.07, 6.45) is 0. The Hall–Kier alpha value is -1.90. The van der Waals surface area contributed by atoms with Crippen LogP contribution in [-0.4, -0.2) is 21.4 Å². The first-order chi connectivity index (χ1) is 13.3. The normalized spacial score (nSPS) is 11.9. The lowest BCUT2D eigenvalue weighted by Crippen LogP contribution is -2.23. The van der Waals surface area contributed by atoms with Crippen molar-refractivity contribution in [3.63, 3.8) is 0 Å². The minimum Gasteiger partial charge on any atom is -0.330 e. The van der Waals surface area contributed by atoms with E-state index in [4.69, 9.17) is 0 Å². The second-order valence-electron chi connectivity index (χ2n) is 6.53. The number of amides is 1. The van der Waals surface area contributed by atoms with Crippen LogP contribution in [0.3, 0.4) is 0 Å². The van der Waals surface area contributed by atoms with Crippen LogP contribution in [0, 0.1) is 20.8 Å². The average Bonchev–Trinajstić information content (AvgIpc) is 3.04. The van der Waals surface area contributed by atoms with E-state index in [2.05, 4.69) is 55.8 Å². The first-order valence-corrected chi connectivity index (χ1v) is 11.2. The van der Waals surface area contributed by atoms with Crippen LogP contribution in [-0.2, 0) is 4.79 Å². The molecule has 3 rings (SSSR count). The number of halogens is 1. The van der Waals surface area contributed by atoms with E-state index in [1.807, 2.05) is 45.0 Å². The summed E-state index contributed by atoms with van der Waals surface area (Å²) < 4.78 is 1.74. The van der Waals surface area contributed by atoms with Gasteiger partial charge < -0.3 is 10.6 Å². The molecule has 1 unspecified atom stereocenters. The number of aromatic nitrogens is 2. The van der Waals surface area contributed by atoms with Gasteiger partial charge in [0.2, 0.25) is 11.0 Å². The number of nitrogens with one attached hydrogen (secondary N) is 2. The zero-order chi connectivity index (χ0) is 20.3. The number of hydrogen-bond acceptors (Lipinski definition) is 6. The molecule has 0 bridgehead atoms. The molecule has 0 aliphatic carbocycles. The van der Waals surface area contributed by atoms with Gasteiger partial charge in [-0.15, -0.1) is 10.2 Å². The van der Waals surface area contributed by atoms with Crippen LogP contribution in [0.4, 0.5) is 16.5 Å². The second-order valence-corrected chi connectivity index (χ2v) is 10.0. The molecule has 5 nitrogen and oxygen atoms in total. The lowest BCUT2D eigenvalue weighted by atomic mass is 10.1. The highest BCUT2D eigenvalue weighted by molar-refractivity contribution is 9.10. The molecule has 8 heteroatoms. The van der Waals surface area contributed by atoms with Gasteiger partial charge in [-0.05, 0) is 57.0 Å². The highest BCUT2D eigenvalue weighted by Crippen LogP contribution is 2.32. The number of benzene rings is 2. The Morgan fingerprint density at radius 3 is 2.54 bits per heavy atom. The molecule has 0 saturated heterocycles. The fraction of sp³-hybridized carbons (Fsp3) is 0.250. The topological polar surface area (TPSA) is 66.9 Å². The molecule has 3 aromatic rings. The summed E-state index contributed by atoms with van der Waals surface area (Å²) in [6, 6.07) is 12.0. The number of carbonyl (C=O) groups is 1. The maximum atomic E-state index is 12.6. The number of hydrogen-bond donors (Lipinski definition) is 2. The summed E-state index contributed by atoms with van der Waals surface area (Å²) >= 11 is 6.28. The van der Waals surface area contributed by atoms with Gasteiger partial charge in [-0.1, -0.05) is 62.8 Å². The Morgan fingerprint density at radius 2 is 1.86 bits per heavy atom. The van der Waals surface area contributed by atoms with Crippen molar-refractivity contribution < 1.29 is 4.79 Å². The molecule has 0 aliphatic heterocycles. The summed E-state index contributed by atoms with van der Waals surface area (Å²) in [6.45, 7) is 7.96. The van der Waals surface area contributed by atoms with Crippen LogP contribution >= 0.6 is 39.0 Å². The smallest absolute Gasteiger partial charge is 0.237 e. The van der Waals surface area contributed by atoms with Crippen molar-refractivity contribution in [3.05, 3.63) is 57.6 Å². The largest absolute Gasteiger partial charge is 0.330 e. The average molecular weight is 477 g/mol. The second kappa shape index (κ2) is 9.07. The number of carbonyl (C=O) groups excluding carboxylic acids is 1. The van der Waals surface area contributed by atoms with Gasteiger partial charge in [0, 0.05) is 15.8 Å². The van der Waals surface area contributed by atoms with Gasteiger partial charge in [0.15, 0.2) is 4.34 Å². The fourth-order valence-corrected chi connectivity index (χ4v) is 5.12.